The number of aryl methyl sites for hydroxylation is 2. The van der Waals surface area contributed by atoms with Crippen LogP contribution in [0.15, 0.2) is 29.1 Å². The van der Waals surface area contributed by atoms with Crippen molar-refractivity contribution in [1.29, 1.82) is 0 Å². The number of hydrogen-bond acceptors (Lipinski definition) is 4. The van der Waals surface area contributed by atoms with Crippen LogP contribution in [0, 0.1) is 13.8 Å². The normalized spacial score (nSPS) is 15.9. The molecule has 2 aromatic rings. The Morgan fingerprint density at radius 2 is 1.91 bits per heavy atom. The number of hydrogen-bond donors (Lipinski definition) is 1. The van der Waals surface area contributed by atoms with Crippen LogP contribution in [0.2, 0.25) is 0 Å². The van der Waals surface area contributed by atoms with Gasteiger partial charge in [-0.3, -0.25) is 9.78 Å². The van der Waals surface area contributed by atoms with Crippen LogP contribution in [0.25, 0.3) is 0 Å². The molecule has 0 saturated carbocycles. The first kappa shape index (κ1) is 15.7. The molecule has 1 N–H and O–H groups in total. The quantitative estimate of drug-likeness (QED) is 0.938. The van der Waals surface area contributed by atoms with Gasteiger partial charge in [0.1, 0.15) is 0 Å². The Bertz CT molecular complexity index is 745. The largest absolute Gasteiger partial charge is 0.340 e. The molecule has 0 radical (unpaired) electrons. The molecule has 1 aromatic heterocycles. The standard InChI is InChI=1S/C18H24N4O/c1-13-5-4-6-15(11-13)12-16-14(2)19-18(20-17(16)23)22-9-7-21(3)8-10-22/h4-6,11H,7-10,12H2,1-3H3,(H,19,20,23). The number of piperazine rings is 1. The summed E-state index contributed by atoms with van der Waals surface area (Å²) in [7, 11) is 2.11. The van der Waals surface area contributed by atoms with Crippen molar-refractivity contribution in [2.45, 2.75) is 20.3 Å². The Morgan fingerprint density at radius 3 is 2.57 bits per heavy atom. The molecule has 1 fully saturated rings. The molecule has 2 heterocycles. The van der Waals surface area contributed by atoms with Gasteiger partial charge in [-0.1, -0.05) is 29.8 Å². The smallest absolute Gasteiger partial charge is 0.256 e. The van der Waals surface area contributed by atoms with Gasteiger partial charge in [0.05, 0.1) is 5.69 Å². The van der Waals surface area contributed by atoms with Gasteiger partial charge in [-0.2, -0.15) is 0 Å². The van der Waals surface area contributed by atoms with Crippen LogP contribution in [0.3, 0.4) is 0 Å². The Hall–Kier alpha value is -2.14. The number of H-pyrrole nitrogens is 1. The highest BCUT2D eigenvalue weighted by atomic mass is 16.1. The van der Waals surface area contributed by atoms with Crippen molar-refractivity contribution < 1.29 is 0 Å². The third kappa shape index (κ3) is 3.62. The number of aromatic nitrogens is 2. The summed E-state index contributed by atoms with van der Waals surface area (Å²) in [5.74, 6) is 0.702. The summed E-state index contributed by atoms with van der Waals surface area (Å²) in [6, 6.07) is 8.27. The summed E-state index contributed by atoms with van der Waals surface area (Å²) >= 11 is 0. The molecule has 122 valence electrons. The molecular formula is C18H24N4O. The van der Waals surface area contributed by atoms with Gasteiger partial charge < -0.3 is 9.80 Å². The Morgan fingerprint density at radius 1 is 1.17 bits per heavy atom. The minimum absolute atomic E-state index is 0.0204. The van der Waals surface area contributed by atoms with Crippen LogP contribution < -0.4 is 10.5 Å². The van der Waals surface area contributed by atoms with Gasteiger partial charge in [-0.25, -0.2) is 4.98 Å². The maximum absolute atomic E-state index is 12.5. The second kappa shape index (κ2) is 6.54. The van der Waals surface area contributed by atoms with E-state index in [9.17, 15) is 4.79 Å². The van der Waals surface area contributed by atoms with Crippen LogP contribution in [0.1, 0.15) is 22.4 Å². The first-order valence-electron chi connectivity index (χ1n) is 8.12. The number of aromatic amines is 1. The zero-order valence-electron chi connectivity index (χ0n) is 14.1. The lowest BCUT2D eigenvalue weighted by atomic mass is 10.0. The van der Waals surface area contributed by atoms with E-state index in [1.807, 2.05) is 13.0 Å². The zero-order chi connectivity index (χ0) is 16.4. The molecule has 0 spiro atoms. The number of nitrogens with zero attached hydrogens (tertiary/aromatic N) is 3. The van der Waals surface area contributed by atoms with Crippen molar-refractivity contribution in [3.63, 3.8) is 0 Å². The first-order valence-corrected chi connectivity index (χ1v) is 8.12. The van der Waals surface area contributed by atoms with Crippen LogP contribution in [0.4, 0.5) is 5.95 Å². The SMILES string of the molecule is Cc1cccc(Cc2c(C)nc(N3CCN(C)CC3)[nH]c2=O)c1. The van der Waals surface area contributed by atoms with Gasteiger partial charge >= 0.3 is 0 Å². The van der Waals surface area contributed by atoms with Crippen molar-refractivity contribution in [2.24, 2.45) is 0 Å². The van der Waals surface area contributed by atoms with Crippen molar-refractivity contribution in [3.8, 4) is 0 Å². The molecule has 0 atom stereocenters. The van der Waals surface area contributed by atoms with Crippen LogP contribution in [-0.4, -0.2) is 48.1 Å². The van der Waals surface area contributed by atoms with E-state index in [0.717, 1.165) is 43.0 Å². The van der Waals surface area contributed by atoms with Gasteiger partial charge in [-0.15, -0.1) is 0 Å². The zero-order valence-corrected chi connectivity index (χ0v) is 14.1. The number of benzene rings is 1. The van der Waals surface area contributed by atoms with Gasteiger partial charge in [0.2, 0.25) is 5.95 Å². The molecule has 23 heavy (non-hydrogen) atoms. The molecule has 0 bridgehead atoms. The topological polar surface area (TPSA) is 52.2 Å². The molecule has 0 aliphatic carbocycles. The maximum atomic E-state index is 12.5. The molecule has 5 heteroatoms. The number of anilines is 1. The third-order valence-electron chi connectivity index (χ3n) is 4.48. The number of likely N-dealkylation sites (N-methyl/N-ethyl adjacent to an activating group) is 1. The van der Waals surface area contributed by atoms with E-state index in [2.05, 4.69) is 51.9 Å². The first-order chi connectivity index (χ1) is 11.0. The molecule has 1 saturated heterocycles. The Balaban J connectivity index is 1.84. The fourth-order valence-corrected chi connectivity index (χ4v) is 3.00. The second-order valence-electron chi connectivity index (χ2n) is 6.41. The fraction of sp³-hybridized carbons (Fsp3) is 0.444. The van der Waals surface area contributed by atoms with Crippen molar-refractivity contribution in [2.75, 3.05) is 38.1 Å². The van der Waals surface area contributed by atoms with Gasteiger partial charge in [0, 0.05) is 38.2 Å². The van der Waals surface area contributed by atoms with E-state index in [1.165, 1.54) is 5.56 Å². The molecule has 0 amide bonds. The van der Waals surface area contributed by atoms with E-state index in [-0.39, 0.29) is 5.56 Å². The highest BCUT2D eigenvalue weighted by Gasteiger charge is 2.18. The lowest BCUT2D eigenvalue weighted by Crippen LogP contribution is -2.45. The lowest BCUT2D eigenvalue weighted by Gasteiger charge is -2.32. The van der Waals surface area contributed by atoms with Crippen molar-refractivity contribution >= 4 is 5.95 Å². The van der Waals surface area contributed by atoms with E-state index < -0.39 is 0 Å². The van der Waals surface area contributed by atoms with Crippen molar-refractivity contribution in [1.82, 2.24) is 14.9 Å². The fourth-order valence-electron chi connectivity index (χ4n) is 3.00. The summed E-state index contributed by atoms with van der Waals surface area (Å²) in [5.41, 5.74) is 3.91. The highest BCUT2D eigenvalue weighted by Crippen LogP contribution is 2.14. The molecule has 1 aromatic carbocycles. The summed E-state index contributed by atoms with van der Waals surface area (Å²) in [4.78, 5) is 24.6. The average Bonchev–Trinajstić information content (AvgIpc) is 2.51. The second-order valence-corrected chi connectivity index (χ2v) is 6.41. The van der Waals surface area contributed by atoms with E-state index >= 15 is 0 Å². The summed E-state index contributed by atoms with van der Waals surface area (Å²) in [5, 5.41) is 0. The Kier molecular flexibility index (Phi) is 4.48. The van der Waals surface area contributed by atoms with Gasteiger partial charge in [0.15, 0.2) is 0 Å². The summed E-state index contributed by atoms with van der Waals surface area (Å²) in [6.45, 7) is 7.78. The molecule has 3 rings (SSSR count). The number of nitrogens with one attached hydrogen (secondary N) is 1. The average molecular weight is 312 g/mol. The predicted octanol–water partition coefficient (Wildman–Crippen LogP) is 1.73. The molecule has 0 unspecified atom stereocenters. The minimum atomic E-state index is -0.0204. The molecule has 5 nitrogen and oxygen atoms in total. The molecule has 1 aliphatic rings. The van der Waals surface area contributed by atoms with E-state index in [0.29, 0.717) is 12.4 Å². The monoisotopic (exact) mass is 312 g/mol. The molecular weight excluding hydrogens is 288 g/mol. The maximum Gasteiger partial charge on any atom is 0.256 e. The predicted molar refractivity (Wildman–Crippen MR) is 93.3 cm³/mol. The van der Waals surface area contributed by atoms with Crippen LogP contribution >= 0.6 is 0 Å². The van der Waals surface area contributed by atoms with Crippen molar-refractivity contribution in [3.05, 3.63) is 57.0 Å². The van der Waals surface area contributed by atoms with E-state index in [1.54, 1.807) is 0 Å². The number of rotatable bonds is 3. The van der Waals surface area contributed by atoms with Gasteiger partial charge in [0.25, 0.3) is 5.56 Å². The molecule has 1 aliphatic heterocycles. The third-order valence-corrected chi connectivity index (χ3v) is 4.48. The highest BCUT2D eigenvalue weighted by molar-refractivity contribution is 5.36. The summed E-state index contributed by atoms with van der Waals surface area (Å²) < 4.78 is 0. The van der Waals surface area contributed by atoms with E-state index in [4.69, 9.17) is 0 Å². The summed E-state index contributed by atoms with van der Waals surface area (Å²) in [6.07, 6.45) is 0.624. The Labute approximate surface area is 137 Å². The van der Waals surface area contributed by atoms with Gasteiger partial charge in [-0.05, 0) is 26.5 Å². The van der Waals surface area contributed by atoms with Crippen LogP contribution in [0.5, 0.6) is 0 Å². The van der Waals surface area contributed by atoms with Crippen LogP contribution in [-0.2, 0) is 6.42 Å². The minimum Gasteiger partial charge on any atom is -0.340 e. The lowest BCUT2D eigenvalue weighted by molar-refractivity contribution is 0.311.